The average molecular weight is 297 g/mol. The van der Waals surface area contributed by atoms with Gasteiger partial charge in [-0.1, -0.05) is 6.07 Å². The Balaban J connectivity index is 1.65. The van der Waals surface area contributed by atoms with Gasteiger partial charge < -0.3 is 0 Å². The second-order valence-electron chi connectivity index (χ2n) is 7.00. The summed E-state index contributed by atoms with van der Waals surface area (Å²) in [4.78, 5) is 19.6. The molecular weight excluding hydrogens is 274 g/mol. The van der Waals surface area contributed by atoms with Crippen molar-refractivity contribution < 1.29 is 0 Å². The SMILES string of the molecule is Cc1ccc2nc(CN(C3CC3)C(C)C3CC3)cc(=O)n2c1. The van der Waals surface area contributed by atoms with Crippen LogP contribution < -0.4 is 5.56 Å². The largest absolute Gasteiger partial charge is 0.292 e. The normalized spacial score (nSPS) is 19.8. The molecule has 2 aromatic rings. The minimum atomic E-state index is 0.0264. The number of nitrogens with zero attached hydrogens (tertiary/aromatic N) is 3. The van der Waals surface area contributed by atoms with E-state index in [9.17, 15) is 4.79 Å². The average Bonchev–Trinajstić information content (AvgIpc) is 3.38. The second kappa shape index (κ2) is 5.20. The topological polar surface area (TPSA) is 37.6 Å². The molecule has 2 aliphatic carbocycles. The van der Waals surface area contributed by atoms with Crippen molar-refractivity contribution in [2.75, 3.05) is 0 Å². The quantitative estimate of drug-likeness (QED) is 0.851. The fraction of sp³-hybridized carbons (Fsp3) is 0.556. The number of hydrogen-bond acceptors (Lipinski definition) is 3. The van der Waals surface area contributed by atoms with Crippen LogP contribution in [0.25, 0.3) is 5.65 Å². The molecule has 1 atom stereocenters. The maximum atomic E-state index is 12.3. The first-order valence-electron chi connectivity index (χ1n) is 8.36. The molecule has 116 valence electrons. The van der Waals surface area contributed by atoms with E-state index in [2.05, 4.69) is 11.8 Å². The Kier molecular flexibility index (Phi) is 3.30. The van der Waals surface area contributed by atoms with Gasteiger partial charge in [0.1, 0.15) is 5.65 Å². The summed E-state index contributed by atoms with van der Waals surface area (Å²) < 4.78 is 1.64. The molecule has 0 spiro atoms. The van der Waals surface area contributed by atoms with E-state index in [0.29, 0.717) is 12.1 Å². The van der Waals surface area contributed by atoms with Crippen LogP contribution in [0, 0.1) is 12.8 Å². The van der Waals surface area contributed by atoms with Crippen LogP contribution >= 0.6 is 0 Å². The van der Waals surface area contributed by atoms with Crippen LogP contribution in [0.5, 0.6) is 0 Å². The van der Waals surface area contributed by atoms with Gasteiger partial charge in [0, 0.05) is 30.9 Å². The Labute approximate surface area is 130 Å². The highest BCUT2D eigenvalue weighted by Gasteiger charge is 2.39. The van der Waals surface area contributed by atoms with Crippen LogP contribution in [0.15, 0.2) is 29.2 Å². The molecule has 0 saturated heterocycles. The van der Waals surface area contributed by atoms with Gasteiger partial charge in [-0.15, -0.1) is 0 Å². The van der Waals surface area contributed by atoms with Gasteiger partial charge in [0.2, 0.25) is 0 Å². The molecule has 4 rings (SSSR count). The Bertz CT molecular complexity index is 759. The van der Waals surface area contributed by atoms with Crippen LogP contribution in [0.3, 0.4) is 0 Å². The summed E-state index contributed by atoms with van der Waals surface area (Å²) in [5.41, 5.74) is 2.76. The van der Waals surface area contributed by atoms with E-state index in [-0.39, 0.29) is 5.56 Å². The molecule has 0 aliphatic heterocycles. The van der Waals surface area contributed by atoms with E-state index in [1.807, 2.05) is 25.3 Å². The number of aromatic nitrogens is 2. The molecule has 2 heterocycles. The molecule has 2 aromatic heterocycles. The summed E-state index contributed by atoms with van der Waals surface area (Å²) in [6.07, 6.45) is 7.17. The zero-order valence-corrected chi connectivity index (χ0v) is 13.3. The fourth-order valence-corrected chi connectivity index (χ4v) is 3.39. The van der Waals surface area contributed by atoms with Crippen molar-refractivity contribution in [2.24, 2.45) is 5.92 Å². The summed E-state index contributed by atoms with van der Waals surface area (Å²) in [6.45, 7) is 5.14. The summed E-state index contributed by atoms with van der Waals surface area (Å²) in [7, 11) is 0. The van der Waals surface area contributed by atoms with Gasteiger partial charge in [0.05, 0.1) is 5.69 Å². The van der Waals surface area contributed by atoms with Crippen molar-refractivity contribution in [3.8, 4) is 0 Å². The Hall–Kier alpha value is -1.68. The van der Waals surface area contributed by atoms with E-state index in [1.54, 1.807) is 10.5 Å². The summed E-state index contributed by atoms with van der Waals surface area (Å²) in [6, 6.07) is 6.98. The highest BCUT2D eigenvalue weighted by Crippen LogP contribution is 2.40. The zero-order chi connectivity index (χ0) is 15.3. The van der Waals surface area contributed by atoms with Gasteiger partial charge >= 0.3 is 0 Å². The van der Waals surface area contributed by atoms with Gasteiger partial charge in [-0.25, -0.2) is 4.98 Å². The zero-order valence-electron chi connectivity index (χ0n) is 13.3. The maximum absolute atomic E-state index is 12.3. The first-order valence-corrected chi connectivity index (χ1v) is 8.36. The van der Waals surface area contributed by atoms with Crippen LogP contribution in [0.4, 0.5) is 0 Å². The minimum Gasteiger partial charge on any atom is -0.292 e. The lowest BCUT2D eigenvalue weighted by Crippen LogP contribution is -2.36. The van der Waals surface area contributed by atoms with Gasteiger partial charge in [0.15, 0.2) is 0 Å². The van der Waals surface area contributed by atoms with E-state index < -0.39 is 0 Å². The van der Waals surface area contributed by atoms with E-state index in [1.165, 1.54) is 25.7 Å². The third kappa shape index (κ3) is 2.68. The van der Waals surface area contributed by atoms with Crippen molar-refractivity contribution in [1.29, 1.82) is 0 Å². The smallest absolute Gasteiger partial charge is 0.258 e. The maximum Gasteiger partial charge on any atom is 0.258 e. The number of hydrogen-bond donors (Lipinski definition) is 0. The molecule has 2 fully saturated rings. The lowest BCUT2D eigenvalue weighted by Gasteiger charge is -2.29. The van der Waals surface area contributed by atoms with E-state index in [0.717, 1.165) is 29.4 Å². The first kappa shape index (κ1) is 13.9. The number of rotatable bonds is 5. The van der Waals surface area contributed by atoms with E-state index in [4.69, 9.17) is 4.98 Å². The summed E-state index contributed by atoms with van der Waals surface area (Å²) in [5.74, 6) is 0.852. The molecule has 0 bridgehead atoms. The predicted molar refractivity (Wildman–Crippen MR) is 87.0 cm³/mol. The van der Waals surface area contributed by atoms with Gasteiger partial charge in [0.25, 0.3) is 5.56 Å². The number of fused-ring (bicyclic) bond motifs is 1. The van der Waals surface area contributed by atoms with Crippen molar-refractivity contribution >= 4 is 5.65 Å². The van der Waals surface area contributed by atoms with Crippen LogP contribution in [-0.4, -0.2) is 26.4 Å². The van der Waals surface area contributed by atoms with Gasteiger partial charge in [-0.2, -0.15) is 0 Å². The lowest BCUT2D eigenvalue weighted by molar-refractivity contribution is 0.168. The molecule has 0 radical (unpaired) electrons. The highest BCUT2D eigenvalue weighted by molar-refractivity contribution is 5.39. The molecular formula is C18H23N3O. The molecule has 0 amide bonds. The van der Waals surface area contributed by atoms with Crippen LogP contribution in [0.1, 0.15) is 43.9 Å². The van der Waals surface area contributed by atoms with Crippen LogP contribution in [0.2, 0.25) is 0 Å². The Morgan fingerprint density at radius 1 is 1.32 bits per heavy atom. The lowest BCUT2D eigenvalue weighted by atomic mass is 10.1. The molecule has 22 heavy (non-hydrogen) atoms. The summed E-state index contributed by atoms with van der Waals surface area (Å²) in [5, 5.41) is 0. The Morgan fingerprint density at radius 2 is 2.09 bits per heavy atom. The summed E-state index contributed by atoms with van der Waals surface area (Å²) >= 11 is 0. The number of aryl methyl sites for hydroxylation is 1. The van der Waals surface area contributed by atoms with Crippen molar-refractivity contribution in [3.05, 3.63) is 46.0 Å². The molecule has 2 aliphatic rings. The van der Waals surface area contributed by atoms with Crippen molar-refractivity contribution in [3.63, 3.8) is 0 Å². The third-order valence-electron chi connectivity index (χ3n) is 5.05. The second-order valence-corrected chi connectivity index (χ2v) is 7.00. The minimum absolute atomic E-state index is 0.0264. The van der Waals surface area contributed by atoms with Gasteiger partial charge in [-0.05, 0) is 57.1 Å². The molecule has 1 unspecified atom stereocenters. The van der Waals surface area contributed by atoms with Crippen molar-refractivity contribution in [2.45, 2.75) is 58.2 Å². The molecule has 4 heteroatoms. The van der Waals surface area contributed by atoms with Crippen molar-refractivity contribution in [1.82, 2.24) is 14.3 Å². The standard InChI is InChI=1S/C18H23N3O/c1-12-3-8-17-19-15(9-18(22)21(17)10-12)11-20(16-6-7-16)13(2)14-4-5-14/h3,8-10,13-14,16H,4-7,11H2,1-2H3. The van der Waals surface area contributed by atoms with Gasteiger partial charge in [-0.3, -0.25) is 14.1 Å². The predicted octanol–water partition coefficient (Wildman–Crippen LogP) is 2.77. The molecule has 2 saturated carbocycles. The third-order valence-corrected chi connectivity index (χ3v) is 5.05. The molecule has 0 N–H and O–H groups in total. The monoisotopic (exact) mass is 297 g/mol. The molecule has 4 nitrogen and oxygen atoms in total. The first-order chi connectivity index (χ1) is 10.6. The van der Waals surface area contributed by atoms with E-state index >= 15 is 0 Å². The Morgan fingerprint density at radius 3 is 2.77 bits per heavy atom. The molecule has 0 aromatic carbocycles. The number of pyridine rings is 1. The van der Waals surface area contributed by atoms with Crippen LogP contribution in [-0.2, 0) is 6.54 Å². The highest BCUT2D eigenvalue weighted by atomic mass is 16.1. The fourth-order valence-electron chi connectivity index (χ4n) is 3.39.